The van der Waals surface area contributed by atoms with Crippen LogP contribution in [0.2, 0.25) is 0 Å². The van der Waals surface area contributed by atoms with Gasteiger partial charge in [-0.1, -0.05) is 0 Å². The van der Waals surface area contributed by atoms with E-state index in [1.165, 1.54) is 0 Å². The molecule has 0 radical (unpaired) electrons. The number of anilines is 1. The van der Waals surface area contributed by atoms with Gasteiger partial charge in [0.1, 0.15) is 12.4 Å². The summed E-state index contributed by atoms with van der Waals surface area (Å²) in [6, 6.07) is 2.15. The van der Waals surface area contributed by atoms with E-state index in [9.17, 15) is 0 Å². The monoisotopic (exact) mass is 442 g/mol. The first-order valence-corrected chi connectivity index (χ1v) is 11.4. The molecule has 11 heteroatoms. The fraction of sp³-hybridized carbons (Fsp3) is 0.667. The predicted molar refractivity (Wildman–Crippen MR) is 123 cm³/mol. The van der Waals surface area contributed by atoms with Crippen molar-refractivity contribution >= 4 is 11.9 Å². The lowest BCUT2D eigenvalue weighted by atomic mass is 10.1. The zero-order valence-electron chi connectivity index (χ0n) is 19.1. The van der Waals surface area contributed by atoms with Crippen LogP contribution < -0.4 is 15.5 Å². The Hall–Kier alpha value is -2.79. The molecule has 1 unspecified atom stereocenters. The second-order valence-electron chi connectivity index (χ2n) is 8.17. The minimum atomic E-state index is 0.291. The highest BCUT2D eigenvalue weighted by molar-refractivity contribution is 5.79. The standard InChI is InChI=1S/C21H34N10O/c1-22-20(26-17-5-6-19-27-18(16-32-2)28-31(19)15-17)23-9-4-10-29-11-13-30(14-12-29)21-24-7-3-8-25-21/h3,7-8,17H,4-6,9-16H2,1-2H3,(H2,22,23,26). The van der Waals surface area contributed by atoms with Crippen LogP contribution in [0, 0.1) is 0 Å². The molecular weight excluding hydrogens is 408 g/mol. The molecule has 1 atom stereocenters. The van der Waals surface area contributed by atoms with Crippen molar-refractivity contribution in [2.75, 3.05) is 58.3 Å². The van der Waals surface area contributed by atoms with Gasteiger partial charge in [0.05, 0.1) is 6.54 Å². The first-order valence-electron chi connectivity index (χ1n) is 11.4. The maximum Gasteiger partial charge on any atom is 0.225 e. The van der Waals surface area contributed by atoms with Gasteiger partial charge in [0.15, 0.2) is 11.8 Å². The van der Waals surface area contributed by atoms with Gasteiger partial charge >= 0.3 is 0 Å². The van der Waals surface area contributed by atoms with E-state index in [0.717, 1.165) is 88.6 Å². The molecule has 2 aromatic rings. The van der Waals surface area contributed by atoms with Crippen molar-refractivity contribution in [3.63, 3.8) is 0 Å². The van der Waals surface area contributed by atoms with E-state index in [-0.39, 0.29) is 0 Å². The molecule has 0 aromatic carbocycles. The van der Waals surface area contributed by atoms with Crippen molar-refractivity contribution in [3.8, 4) is 0 Å². The number of aliphatic imine (C=N–C) groups is 1. The molecule has 1 fully saturated rings. The van der Waals surface area contributed by atoms with Gasteiger partial charge in [0, 0.05) is 71.7 Å². The Morgan fingerprint density at radius 2 is 2.03 bits per heavy atom. The van der Waals surface area contributed by atoms with Crippen LogP contribution in [0.15, 0.2) is 23.5 Å². The molecule has 1 saturated heterocycles. The molecule has 4 heterocycles. The second-order valence-corrected chi connectivity index (χ2v) is 8.17. The number of rotatable bonds is 8. The van der Waals surface area contributed by atoms with Gasteiger partial charge in [-0.2, -0.15) is 5.10 Å². The van der Waals surface area contributed by atoms with Crippen LogP contribution in [-0.4, -0.2) is 95.1 Å². The van der Waals surface area contributed by atoms with Crippen LogP contribution in [0.4, 0.5) is 5.95 Å². The van der Waals surface area contributed by atoms with Crippen LogP contribution in [0.1, 0.15) is 24.5 Å². The average Bonchev–Trinajstić information content (AvgIpc) is 3.24. The molecule has 11 nitrogen and oxygen atoms in total. The number of fused-ring (bicyclic) bond motifs is 1. The fourth-order valence-corrected chi connectivity index (χ4v) is 4.19. The molecule has 4 rings (SSSR count). The molecule has 0 bridgehead atoms. The summed E-state index contributed by atoms with van der Waals surface area (Å²) in [5.41, 5.74) is 0. The summed E-state index contributed by atoms with van der Waals surface area (Å²) in [7, 11) is 3.49. The molecule has 0 spiro atoms. The van der Waals surface area contributed by atoms with E-state index >= 15 is 0 Å². The van der Waals surface area contributed by atoms with E-state index in [2.05, 4.69) is 45.5 Å². The van der Waals surface area contributed by atoms with E-state index in [0.29, 0.717) is 12.6 Å². The van der Waals surface area contributed by atoms with Crippen LogP contribution in [0.25, 0.3) is 0 Å². The largest absolute Gasteiger partial charge is 0.377 e. The fourth-order valence-electron chi connectivity index (χ4n) is 4.19. The molecule has 0 aliphatic carbocycles. The van der Waals surface area contributed by atoms with Crippen LogP contribution in [-0.2, 0) is 24.3 Å². The van der Waals surface area contributed by atoms with Crippen LogP contribution in [0.3, 0.4) is 0 Å². The van der Waals surface area contributed by atoms with Crippen molar-refractivity contribution in [1.82, 2.24) is 40.3 Å². The molecular formula is C21H34N10O. The van der Waals surface area contributed by atoms with Gasteiger partial charge in [-0.05, 0) is 25.5 Å². The Balaban J connectivity index is 1.14. The predicted octanol–water partition coefficient (Wildman–Crippen LogP) is -0.0934. The number of aryl methyl sites for hydroxylation is 1. The molecule has 174 valence electrons. The van der Waals surface area contributed by atoms with Crippen LogP contribution >= 0.6 is 0 Å². The number of hydrogen-bond acceptors (Lipinski definition) is 8. The Morgan fingerprint density at radius 3 is 2.78 bits per heavy atom. The molecule has 2 aromatic heterocycles. The smallest absolute Gasteiger partial charge is 0.225 e. The highest BCUT2D eigenvalue weighted by Crippen LogP contribution is 2.13. The maximum absolute atomic E-state index is 5.14. The first kappa shape index (κ1) is 22.4. The van der Waals surface area contributed by atoms with Gasteiger partial charge in [-0.15, -0.1) is 0 Å². The molecule has 2 aliphatic rings. The third kappa shape index (κ3) is 5.92. The normalized spacial score (nSPS) is 19.6. The average molecular weight is 443 g/mol. The van der Waals surface area contributed by atoms with Gasteiger partial charge in [0.2, 0.25) is 5.95 Å². The molecule has 2 aliphatic heterocycles. The Bertz CT molecular complexity index is 863. The molecule has 2 N–H and O–H groups in total. The summed E-state index contributed by atoms with van der Waals surface area (Å²) in [6.45, 7) is 7.23. The zero-order chi connectivity index (χ0) is 22.2. The summed E-state index contributed by atoms with van der Waals surface area (Å²) in [5.74, 6) is 3.47. The van der Waals surface area contributed by atoms with Crippen molar-refractivity contribution in [2.45, 2.75) is 38.5 Å². The van der Waals surface area contributed by atoms with Gasteiger partial charge in [0.25, 0.3) is 0 Å². The van der Waals surface area contributed by atoms with E-state index in [4.69, 9.17) is 4.74 Å². The third-order valence-corrected chi connectivity index (χ3v) is 5.89. The molecule has 0 saturated carbocycles. The van der Waals surface area contributed by atoms with E-state index in [1.54, 1.807) is 19.5 Å². The lowest BCUT2D eigenvalue weighted by molar-refractivity contribution is 0.177. The van der Waals surface area contributed by atoms with Crippen molar-refractivity contribution in [2.24, 2.45) is 4.99 Å². The number of piperazine rings is 1. The Kier molecular flexibility index (Phi) is 7.83. The van der Waals surface area contributed by atoms with E-state index < -0.39 is 0 Å². The number of aromatic nitrogens is 5. The first-order chi connectivity index (χ1) is 15.7. The van der Waals surface area contributed by atoms with Gasteiger partial charge in [-0.3, -0.25) is 9.89 Å². The minimum absolute atomic E-state index is 0.291. The summed E-state index contributed by atoms with van der Waals surface area (Å²) < 4.78 is 7.13. The van der Waals surface area contributed by atoms with Gasteiger partial charge < -0.3 is 20.3 Å². The minimum Gasteiger partial charge on any atom is -0.377 e. The summed E-state index contributed by atoms with van der Waals surface area (Å²) in [4.78, 5) is 22.4. The Labute approximate surface area is 189 Å². The number of methoxy groups -OCH3 is 1. The van der Waals surface area contributed by atoms with Crippen molar-refractivity contribution in [3.05, 3.63) is 30.1 Å². The number of hydrogen-bond donors (Lipinski definition) is 2. The lowest BCUT2D eigenvalue weighted by Crippen LogP contribution is -2.49. The van der Waals surface area contributed by atoms with E-state index in [1.807, 2.05) is 17.8 Å². The van der Waals surface area contributed by atoms with Crippen molar-refractivity contribution in [1.29, 1.82) is 0 Å². The number of ether oxygens (including phenoxy) is 1. The highest BCUT2D eigenvalue weighted by atomic mass is 16.5. The SMILES string of the molecule is CN=C(NCCCN1CCN(c2ncccn2)CC1)NC1CCc2nc(COC)nn2C1. The van der Waals surface area contributed by atoms with Crippen molar-refractivity contribution < 1.29 is 4.74 Å². The number of nitrogens with one attached hydrogen (secondary N) is 2. The number of guanidine groups is 1. The Morgan fingerprint density at radius 1 is 1.22 bits per heavy atom. The summed E-state index contributed by atoms with van der Waals surface area (Å²) >= 11 is 0. The highest BCUT2D eigenvalue weighted by Gasteiger charge is 2.22. The number of nitrogens with zero attached hydrogens (tertiary/aromatic N) is 8. The topological polar surface area (TPSA) is 109 Å². The van der Waals surface area contributed by atoms with Gasteiger partial charge in [-0.25, -0.2) is 19.6 Å². The second kappa shape index (κ2) is 11.2. The van der Waals surface area contributed by atoms with Crippen LogP contribution in [0.5, 0.6) is 0 Å². The summed E-state index contributed by atoms with van der Waals surface area (Å²) in [5, 5.41) is 11.5. The zero-order valence-corrected chi connectivity index (χ0v) is 19.1. The lowest BCUT2D eigenvalue weighted by Gasteiger charge is -2.34. The molecule has 0 amide bonds. The quantitative estimate of drug-likeness (QED) is 0.329. The maximum atomic E-state index is 5.14. The third-order valence-electron chi connectivity index (χ3n) is 5.89. The molecule has 32 heavy (non-hydrogen) atoms. The summed E-state index contributed by atoms with van der Waals surface area (Å²) in [6.07, 6.45) is 6.60.